The molecule has 0 fully saturated rings. The second-order valence-electron chi connectivity index (χ2n) is 2.01. The number of nitrogens with one attached hydrogen (secondary N) is 1. The minimum absolute atomic E-state index is 0.277. The molecule has 0 amide bonds. The lowest BCUT2D eigenvalue weighted by atomic mass is 10.1. The summed E-state index contributed by atoms with van der Waals surface area (Å²) in [4.78, 5) is 10.3. The Kier molecular flexibility index (Phi) is 3.39. The van der Waals surface area contributed by atoms with Crippen LogP contribution in [-0.4, -0.2) is 16.8 Å². The highest BCUT2D eigenvalue weighted by Gasteiger charge is 2.02. The number of carbonyl (C=O) groups is 1. The molecule has 0 aliphatic rings. The Hall–Kier alpha value is -1.12. The van der Waals surface area contributed by atoms with Gasteiger partial charge in [-0.05, 0) is 19.4 Å². The van der Waals surface area contributed by atoms with Gasteiger partial charge >= 0.3 is 5.97 Å². The number of aliphatic carboxylic acids is 1. The Morgan fingerprint density at radius 3 is 2.30 bits per heavy atom. The van der Waals surface area contributed by atoms with Crippen molar-refractivity contribution in [3.8, 4) is 0 Å². The van der Waals surface area contributed by atoms with Gasteiger partial charge in [-0.2, -0.15) is 0 Å². The molecule has 3 nitrogen and oxygen atoms in total. The Balaban J connectivity index is 4.34. The van der Waals surface area contributed by atoms with Crippen molar-refractivity contribution in [2.45, 2.75) is 20.3 Å². The van der Waals surface area contributed by atoms with E-state index in [-0.39, 0.29) is 11.3 Å². The molecule has 0 aromatic carbocycles. The first-order chi connectivity index (χ1) is 4.57. The SMILES string of the molecule is CC/C(=C\C(C)=N)C(=O)O. The molecular weight excluding hydrogens is 130 g/mol. The van der Waals surface area contributed by atoms with Crippen LogP contribution in [0.4, 0.5) is 0 Å². The predicted octanol–water partition coefficient (Wildman–Crippen LogP) is 1.45. The highest BCUT2D eigenvalue weighted by atomic mass is 16.4. The summed E-state index contributed by atoms with van der Waals surface area (Å²) in [6, 6.07) is 0. The maximum atomic E-state index is 10.3. The number of rotatable bonds is 3. The Morgan fingerprint density at radius 1 is 1.70 bits per heavy atom. The molecule has 0 atom stereocenters. The Morgan fingerprint density at radius 2 is 2.20 bits per heavy atom. The lowest BCUT2D eigenvalue weighted by molar-refractivity contribution is -0.132. The molecule has 0 aliphatic carbocycles. The highest BCUT2D eigenvalue weighted by Crippen LogP contribution is 1.99. The van der Waals surface area contributed by atoms with Gasteiger partial charge in [-0.15, -0.1) is 0 Å². The summed E-state index contributed by atoms with van der Waals surface area (Å²) in [6.07, 6.45) is 1.83. The summed E-state index contributed by atoms with van der Waals surface area (Å²) in [5, 5.41) is 15.4. The van der Waals surface area contributed by atoms with E-state index in [4.69, 9.17) is 10.5 Å². The molecule has 0 saturated carbocycles. The van der Waals surface area contributed by atoms with Crippen LogP contribution in [0.1, 0.15) is 20.3 Å². The van der Waals surface area contributed by atoms with Gasteiger partial charge in [-0.25, -0.2) is 4.79 Å². The molecule has 0 rings (SSSR count). The molecule has 0 aromatic rings. The lowest BCUT2D eigenvalue weighted by Crippen LogP contribution is -2.00. The van der Waals surface area contributed by atoms with Crippen LogP contribution >= 0.6 is 0 Å². The molecule has 56 valence electrons. The number of hydrogen-bond donors (Lipinski definition) is 2. The molecule has 0 spiro atoms. The van der Waals surface area contributed by atoms with Gasteiger partial charge in [0.1, 0.15) is 0 Å². The second-order valence-corrected chi connectivity index (χ2v) is 2.01. The molecule has 0 aliphatic heterocycles. The predicted molar refractivity (Wildman–Crippen MR) is 39.4 cm³/mol. The van der Waals surface area contributed by atoms with E-state index in [0.717, 1.165) is 0 Å². The van der Waals surface area contributed by atoms with Crippen molar-refractivity contribution < 1.29 is 9.90 Å². The number of carboxylic acid groups (broad SMARTS) is 1. The van der Waals surface area contributed by atoms with Crippen molar-refractivity contribution >= 4 is 11.7 Å². The van der Waals surface area contributed by atoms with Gasteiger partial charge in [0.25, 0.3) is 0 Å². The molecule has 2 N–H and O–H groups in total. The third-order valence-electron chi connectivity index (χ3n) is 1.05. The van der Waals surface area contributed by atoms with Gasteiger partial charge in [-0.3, -0.25) is 0 Å². The van der Waals surface area contributed by atoms with Crippen LogP contribution in [0.15, 0.2) is 11.6 Å². The van der Waals surface area contributed by atoms with Crippen molar-refractivity contribution in [1.82, 2.24) is 0 Å². The summed E-state index contributed by atoms with van der Waals surface area (Å²) in [5.41, 5.74) is 0.562. The van der Waals surface area contributed by atoms with E-state index < -0.39 is 5.97 Å². The van der Waals surface area contributed by atoms with Crippen LogP contribution in [0.2, 0.25) is 0 Å². The fourth-order valence-corrected chi connectivity index (χ4v) is 0.576. The van der Waals surface area contributed by atoms with Crippen molar-refractivity contribution in [3.05, 3.63) is 11.6 Å². The average Bonchev–Trinajstić information content (AvgIpc) is 1.81. The summed E-state index contributed by atoms with van der Waals surface area (Å²) in [5.74, 6) is -0.936. The Labute approximate surface area is 59.9 Å². The first-order valence-electron chi connectivity index (χ1n) is 3.07. The first kappa shape index (κ1) is 8.88. The van der Waals surface area contributed by atoms with Gasteiger partial charge in [0, 0.05) is 11.3 Å². The van der Waals surface area contributed by atoms with E-state index in [0.29, 0.717) is 6.42 Å². The number of carboxylic acids is 1. The third kappa shape index (κ3) is 3.02. The normalized spacial score (nSPS) is 11.2. The van der Waals surface area contributed by atoms with Crippen LogP contribution in [0.25, 0.3) is 0 Å². The van der Waals surface area contributed by atoms with Crippen molar-refractivity contribution in [3.63, 3.8) is 0 Å². The van der Waals surface area contributed by atoms with Crippen molar-refractivity contribution in [1.29, 1.82) is 5.41 Å². The molecule has 0 radical (unpaired) electrons. The highest BCUT2D eigenvalue weighted by molar-refractivity contribution is 5.98. The van der Waals surface area contributed by atoms with Gasteiger partial charge in [0.2, 0.25) is 0 Å². The lowest BCUT2D eigenvalue weighted by Gasteiger charge is -1.94. The van der Waals surface area contributed by atoms with Gasteiger partial charge in [0.15, 0.2) is 0 Å². The largest absolute Gasteiger partial charge is 0.478 e. The molecular formula is C7H11NO2. The monoisotopic (exact) mass is 141 g/mol. The zero-order valence-corrected chi connectivity index (χ0v) is 6.14. The van der Waals surface area contributed by atoms with E-state index in [9.17, 15) is 4.79 Å². The van der Waals surface area contributed by atoms with Crippen molar-refractivity contribution in [2.24, 2.45) is 0 Å². The van der Waals surface area contributed by atoms with Crippen LogP contribution in [0.3, 0.4) is 0 Å². The summed E-state index contributed by atoms with van der Waals surface area (Å²) in [7, 11) is 0. The third-order valence-corrected chi connectivity index (χ3v) is 1.05. The van der Waals surface area contributed by atoms with Crippen LogP contribution < -0.4 is 0 Å². The number of allylic oxidation sites excluding steroid dienone is 1. The summed E-state index contributed by atoms with van der Waals surface area (Å²) >= 11 is 0. The fraction of sp³-hybridized carbons (Fsp3) is 0.429. The minimum atomic E-state index is -0.936. The summed E-state index contributed by atoms with van der Waals surface area (Å²) < 4.78 is 0. The zero-order chi connectivity index (χ0) is 8.15. The molecule has 0 saturated heterocycles. The van der Waals surface area contributed by atoms with Crippen LogP contribution in [0.5, 0.6) is 0 Å². The Bertz CT molecular complexity index is 182. The van der Waals surface area contributed by atoms with Gasteiger partial charge < -0.3 is 10.5 Å². The maximum absolute atomic E-state index is 10.3. The maximum Gasteiger partial charge on any atom is 0.331 e. The van der Waals surface area contributed by atoms with Gasteiger partial charge in [-0.1, -0.05) is 6.92 Å². The topological polar surface area (TPSA) is 61.2 Å². The van der Waals surface area contributed by atoms with E-state index in [1.807, 2.05) is 0 Å². The number of hydrogen-bond acceptors (Lipinski definition) is 2. The van der Waals surface area contributed by atoms with Crippen LogP contribution in [-0.2, 0) is 4.79 Å². The fourth-order valence-electron chi connectivity index (χ4n) is 0.576. The molecule has 0 unspecified atom stereocenters. The first-order valence-corrected chi connectivity index (χ1v) is 3.07. The zero-order valence-electron chi connectivity index (χ0n) is 6.14. The minimum Gasteiger partial charge on any atom is -0.478 e. The summed E-state index contributed by atoms with van der Waals surface area (Å²) in [6.45, 7) is 3.31. The van der Waals surface area contributed by atoms with E-state index in [1.165, 1.54) is 6.08 Å². The van der Waals surface area contributed by atoms with Gasteiger partial charge in [0.05, 0.1) is 0 Å². The smallest absolute Gasteiger partial charge is 0.331 e. The van der Waals surface area contributed by atoms with E-state index in [2.05, 4.69) is 0 Å². The molecule has 0 heterocycles. The molecule has 0 bridgehead atoms. The van der Waals surface area contributed by atoms with E-state index >= 15 is 0 Å². The second kappa shape index (κ2) is 3.82. The molecule has 10 heavy (non-hydrogen) atoms. The van der Waals surface area contributed by atoms with E-state index in [1.54, 1.807) is 13.8 Å². The van der Waals surface area contributed by atoms with Crippen molar-refractivity contribution in [2.75, 3.05) is 0 Å². The standard InChI is InChI=1S/C7H11NO2/c1-3-6(7(9)10)4-5(2)8/h4,8H,3H2,1-2H3,(H,9,10)/b6-4+,8-5?. The average molecular weight is 141 g/mol. The quantitative estimate of drug-likeness (QED) is 0.461. The van der Waals surface area contributed by atoms with Crippen LogP contribution in [0, 0.1) is 5.41 Å². The molecule has 3 heteroatoms. The molecule has 0 aromatic heterocycles.